The van der Waals surface area contributed by atoms with Crippen LogP contribution in [0.5, 0.6) is 0 Å². The van der Waals surface area contributed by atoms with Crippen molar-refractivity contribution in [1.82, 2.24) is 5.32 Å². The van der Waals surface area contributed by atoms with Gasteiger partial charge in [0, 0.05) is 0 Å². The summed E-state index contributed by atoms with van der Waals surface area (Å²) in [5.41, 5.74) is 4.56. The van der Waals surface area contributed by atoms with Crippen molar-refractivity contribution in [1.29, 1.82) is 0 Å². The summed E-state index contributed by atoms with van der Waals surface area (Å²) in [6.45, 7) is 0. The number of carboxylic acid groups (broad SMARTS) is 1. The third-order valence-electron chi connectivity index (χ3n) is 2.26. The van der Waals surface area contributed by atoms with Gasteiger partial charge in [0.1, 0.15) is 11.9 Å². The van der Waals surface area contributed by atoms with Crippen molar-refractivity contribution in [2.75, 3.05) is 0 Å². The van der Waals surface area contributed by atoms with Gasteiger partial charge in [-0.1, -0.05) is 23.2 Å². The second kappa shape index (κ2) is 6.53. The molecule has 108 valence electrons. The van der Waals surface area contributed by atoms with Gasteiger partial charge in [-0.2, -0.15) is 0 Å². The smallest absolute Gasteiger partial charge is 0.326 e. The molecule has 0 heterocycles. The number of carboxylic acids is 1. The van der Waals surface area contributed by atoms with E-state index >= 15 is 0 Å². The summed E-state index contributed by atoms with van der Waals surface area (Å²) in [6.07, 6.45) is -0.602. The standard InChI is InChI=1S/C11H9Cl2FN2O4/c12-5-2-6(13)7(14)1-4(5)10(18)16-8(11(19)20)3-9(15)17/h1-2,8H,3H2,(H2,15,17)(H,16,18)(H,19,20)/t8-/m1/s1. The maximum Gasteiger partial charge on any atom is 0.326 e. The molecule has 0 aromatic heterocycles. The molecule has 9 heteroatoms. The van der Waals surface area contributed by atoms with Crippen molar-refractivity contribution in [3.05, 3.63) is 33.6 Å². The van der Waals surface area contributed by atoms with Crippen molar-refractivity contribution in [2.24, 2.45) is 5.73 Å². The Labute approximate surface area is 122 Å². The molecule has 1 rings (SSSR count). The quantitative estimate of drug-likeness (QED) is 0.707. The van der Waals surface area contributed by atoms with E-state index in [4.69, 9.17) is 34.0 Å². The highest BCUT2D eigenvalue weighted by molar-refractivity contribution is 6.36. The number of aliphatic carboxylic acids is 1. The van der Waals surface area contributed by atoms with Crippen LogP contribution in [0.15, 0.2) is 12.1 Å². The van der Waals surface area contributed by atoms with Gasteiger partial charge in [-0.25, -0.2) is 9.18 Å². The molecule has 20 heavy (non-hydrogen) atoms. The number of benzene rings is 1. The van der Waals surface area contributed by atoms with Crippen molar-refractivity contribution >= 4 is 41.0 Å². The number of hydrogen-bond donors (Lipinski definition) is 3. The van der Waals surface area contributed by atoms with Gasteiger partial charge in [-0.3, -0.25) is 9.59 Å². The number of primary amides is 1. The Hall–Kier alpha value is -1.86. The molecule has 1 aromatic rings. The van der Waals surface area contributed by atoms with E-state index in [0.29, 0.717) is 0 Å². The van der Waals surface area contributed by atoms with Crippen LogP contribution in [0.4, 0.5) is 4.39 Å². The minimum atomic E-state index is -1.53. The summed E-state index contributed by atoms with van der Waals surface area (Å²) < 4.78 is 13.3. The fourth-order valence-electron chi connectivity index (χ4n) is 1.33. The molecule has 0 aliphatic carbocycles. The molecule has 0 saturated heterocycles. The number of halogens is 3. The number of rotatable bonds is 5. The first-order chi connectivity index (χ1) is 9.22. The third kappa shape index (κ3) is 4.07. The van der Waals surface area contributed by atoms with Gasteiger partial charge in [-0.05, 0) is 12.1 Å². The van der Waals surface area contributed by atoms with Crippen LogP contribution in [0.2, 0.25) is 10.0 Å². The number of amides is 2. The molecule has 0 aliphatic rings. The highest BCUT2D eigenvalue weighted by atomic mass is 35.5. The molecule has 4 N–H and O–H groups in total. The first kappa shape index (κ1) is 16.2. The first-order valence-corrected chi connectivity index (χ1v) is 5.94. The summed E-state index contributed by atoms with van der Waals surface area (Å²) in [5.74, 6) is -4.21. The maximum absolute atomic E-state index is 13.3. The molecule has 2 amide bonds. The largest absolute Gasteiger partial charge is 0.480 e. The normalized spacial score (nSPS) is 11.8. The van der Waals surface area contributed by atoms with Crippen LogP contribution in [0.3, 0.4) is 0 Å². The van der Waals surface area contributed by atoms with Crippen molar-refractivity contribution in [3.8, 4) is 0 Å². The Morgan fingerprint density at radius 3 is 2.40 bits per heavy atom. The third-order valence-corrected chi connectivity index (χ3v) is 2.87. The van der Waals surface area contributed by atoms with Crippen LogP contribution >= 0.6 is 23.2 Å². The molecule has 0 bridgehead atoms. The van der Waals surface area contributed by atoms with Crippen molar-refractivity contribution in [3.63, 3.8) is 0 Å². The Morgan fingerprint density at radius 1 is 1.30 bits per heavy atom. The predicted molar refractivity (Wildman–Crippen MR) is 69.1 cm³/mol. The van der Waals surface area contributed by atoms with E-state index in [0.717, 1.165) is 12.1 Å². The molecular formula is C11H9Cl2FN2O4. The lowest BCUT2D eigenvalue weighted by atomic mass is 10.1. The maximum atomic E-state index is 13.3. The highest BCUT2D eigenvalue weighted by Crippen LogP contribution is 2.24. The lowest BCUT2D eigenvalue weighted by Gasteiger charge is -2.13. The second-order valence-corrected chi connectivity index (χ2v) is 4.60. The Bertz CT molecular complexity index is 580. The molecule has 0 unspecified atom stereocenters. The van der Waals surface area contributed by atoms with Gasteiger partial charge in [0.05, 0.1) is 22.0 Å². The molecule has 0 saturated carbocycles. The van der Waals surface area contributed by atoms with E-state index in [-0.39, 0.29) is 15.6 Å². The average molecular weight is 323 g/mol. The van der Waals surface area contributed by atoms with Gasteiger partial charge >= 0.3 is 5.97 Å². The molecule has 0 fully saturated rings. The Kier molecular flexibility index (Phi) is 5.29. The van der Waals surface area contributed by atoms with Crippen LogP contribution in [0, 0.1) is 5.82 Å². The monoisotopic (exact) mass is 322 g/mol. The van der Waals surface area contributed by atoms with Gasteiger partial charge in [0.2, 0.25) is 5.91 Å². The van der Waals surface area contributed by atoms with E-state index in [1.807, 2.05) is 5.32 Å². The molecule has 6 nitrogen and oxygen atoms in total. The molecule has 0 aliphatic heterocycles. The van der Waals surface area contributed by atoms with Crippen LogP contribution < -0.4 is 11.1 Å². The summed E-state index contributed by atoms with van der Waals surface area (Å²) >= 11 is 11.2. The summed E-state index contributed by atoms with van der Waals surface area (Å²) in [4.78, 5) is 33.4. The van der Waals surface area contributed by atoms with E-state index < -0.39 is 36.1 Å². The van der Waals surface area contributed by atoms with Crippen LogP contribution in [0.1, 0.15) is 16.8 Å². The number of hydrogen-bond acceptors (Lipinski definition) is 3. The molecule has 0 spiro atoms. The van der Waals surface area contributed by atoms with Crippen LogP contribution in [-0.2, 0) is 9.59 Å². The van der Waals surface area contributed by atoms with Crippen LogP contribution in [0.25, 0.3) is 0 Å². The molecule has 0 radical (unpaired) electrons. The minimum Gasteiger partial charge on any atom is -0.480 e. The SMILES string of the molecule is NC(=O)C[C@@H](NC(=O)c1cc(F)c(Cl)cc1Cl)C(=O)O. The summed E-state index contributed by atoms with van der Waals surface area (Å²) in [5, 5.41) is 10.4. The molecular weight excluding hydrogens is 314 g/mol. The highest BCUT2D eigenvalue weighted by Gasteiger charge is 2.24. The van der Waals surface area contributed by atoms with Gasteiger partial charge in [-0.15, -0.1) is 0 Å². The fourth-order valence-corrected chi connectivity index (χ4v) is 1.80. The second-order valence-electron chi connectivity index (χ2n) is 3.78. The van der Waals surface area contributed by atoms with E-state index in [1.165, 1.54) is 0 Å². The van der Waals surface area contributed by atoms with Gasteiger partial charge in [0.15, 0.2) is 0 Å². The minimum absolute atomic E-state index is 0.155. The van der Waals surface area contributed by atoms with Crippen LogP contribution in [-0.4, -0.2) is 28.9 Å². The Balaban J connectivity index is 2.97. The average Bonchev–Trinajstić information content (AvgIpc) is 2.32. The zero-order valence-electron chi connectivity index (χ0n) is 9.82. The van der Waals surface area contributed by atoms with E-state index in [1.54, 1.807) is 0 Å². The van der Waals surface area contributed by atoms with E-state index in [9.17, 15) is 18.8 Å². The predicted octanol–water partition coefficient (Wildman–Crippen LogP) is 1.19. The molecule has 1 atom stereocenters. The topological polar surface area (TPSA) is 109 Å². The fraction of sp³-hybridized carbons (Fsp3) is 0.182. The van der Waals surface area contributed by atoms with Crippen molar-refractivity contribution < 1.29 is 23.9 Å². The Morgan fingerprint density at radius 2 is 1.90 bits per heavy atom. The lowest BCUT2D eigenvalue weighted by molar-refractivity contribution is -0.140. The van der Waals surface area contributed by atoms with Gasteiger partial charge < -0.3 is 16.2 Å². The van der Waals surface area contributed by atoms with Gasteiger partial charge in [0.25, 0.3) is 5.91 Å². The zero-order chi connectivity index (χ0) is 15.4. The molecule has 1 aromatic carbocycles. The number of carbonyl (C=O) groups is 3. The zero-order valence-corrected chi connectivity index (χ0v) is 11.3. The lowest BCUT2D eigenvalue weighted by Crippen LogP contribution is -2.43. The number of nitrogens with one attached hydrogen (secondary N) is 1. The number of carbonyl (C=O) groups excluding carboxylic acids is 2. The number of nitrogens with two attached hydrogens (primary N) is 1. The summed E-state index contributed by atoms with van der Waals surface area (Å²) in [6, 6.07) is 0.246. The first-order valence-electron chi connectivity index (χ1n) is 5.19. The van der Waals surface area contributed by atoms with Crippen molar-refractivity contribution in [2.45, 2.75) is 12.5 Å². The summed E-state index contributed by atoms with van der Waals surface area (Å²) in [7, 11) is 0. The van der Waals surface area contributed by atoms with E-state index in [2.05, 4.69) is 0 Å².